The van der Waals surface area contributed by atoms with Crippen molar-refractivity contribution in [2.24, 2.45) is 0 Å². The summed E-state index contributed by atoms with van der Waals surface area (Å²) in [6.45, 7) is 6.87. The molecule has 5 nitrogen and oxygen atoms in total. The molecule has 0 aliphatic heterocycles. The van der Waals surface area contributed by atoms with E-state index in [1.807, 2.05) is 0 Å². The maximum atomic E-state index is 11.3. The van der Waals surface area contributed by atoms with Crippen LogP contribution in [0.1, 0.15) is 0 Å². The number of carbonyl (C=O) groups excluding carboxylic acids is 2. The minimum Gasteiger partial charge on any atom is -0.458 e. The van der Waals surface area contributed by atoms with Crippen molar-refractivity contribution in [3.63, 3.8) is 0 Å². The number of hydrogen-bond donors (Lipinski definition) is 0. The van der Waals surface area contributed by atoms with Gasteiger partial charge in [0.05, 0.1) is 0 Å². The molecule has 0 aliphatic carbocycles. The van der Waals surface area contributed by atoms with Crippen molar-refractivity contribution in [3.05, 3.63) is 25.3 Å². The summed E-state index contributed by atoms with van der Waals surface area (Å²) >= 11 is 0. The second-order valence-electron chi connectivity index (χ2n) is 2.74. The van der Waals surface area contributed by atoms with Crippen molar-refractivity contribution >= 4 is 19.7 Å². The van der Waals surface area contributed by atoms with Gasteiger partial charge in [0.2, 0.25) is 12.3 Å². The Balaban J connectivity index is 3.80. The van der Waals surface area contributed by atoms with E-state index in [4.69, 9.17) is 0 Å². The third kappa shape index (κ3) is 7.88. The van der Waals surface area contributed by atoms with E-state index >= 15 is 0 Å². The third-order valence-electron chi connectivity index (χ3n) is 1.34. The largest absolute Gasteiger partial charge is 0.458 e. The van der Waals surface area contributed by atoms with Crippen molar-refractivity contribution in [1.29, 1.82) is 0 Å². The summed E-state index contributed by atoms with van der Waals surface area (Å²) in [4.78, 5) is 22.0. The number of carbonyl (C=O) groups is 2. The maximum Gasteiger partial charge on any atom is 0.362 e. The minimum atomic E-state index is -1.96. The van der Waals surface area contributed by atoms with E-state index in [9.17, 15) is 14.2 Å². The van der Waals surface area contributed by atoms with Gasteiger partial charge in [0.25, 0.3) is 0 Å². The van der Waals surface area contributed by atoms with Crippen molar-refractivity contribution in [2.45, 2.75) is 0 Å². The third-order valence-corrected chi connectivity index (χ3v) is 2.56. The van der Waals surface area contributed by atoms with Crippen molar-refractivity contribution in [1.82, 2.24) is 0 Å². The van der Waals surface area contributed by atoms with E-state index < -0.39 is 19.7 Å². The molecule has 0 amide bonds. The molecule has 0 aromatic carbocycles. The molecule has 0 spiro atoms. The second kappa shape index (κ2) is 8.80. The molecule has 88 valence electrons. The summed E-state index contributed by atoms with van der Waals surface area (Å²) in [5.74, 6) is -1.23. The standard InChI is InChI=1S/C10H14O5P/c1-3-5-14-9(11)7-16(13)8-10(12)15-6-4-2/h3-4H,1-2,5-8H2/q+1. The van der Waals surface area contributed by atoms with E-state index in [1.54, 1.807) is 0 Å². The zero-order chi connectivity index (χ0) is 12.4. The summed E-state index contributed by atoms with van der Waals surface area (Å²) in [5, 5.41) is 0. The minimum absolute atomic E-state index is 0.0723. The van der Waals surface area contributed by atoms with E-state index in [-0.39, 0.29) is 25.5 Å². The van der Waals surface area contributed by atoms with Crippen LogP contribution in [0.5, 0.6) is 0 Å². The fourth-order valence-electron chi connectivity index (χ4n) is 0.739. The number of hydrogen-bond acceptors (Lipinski definition) is 5. The van der Waals surface area contributed by atoms with Gasteiger partial charge in [-0.15, -0.1) is 0 Å². The molecule has 0 aliphatic rings. The smallest absolute Gasteiger partial charge is 0.362 e. The molecule has 0 fully saturated rings. The van der Waals surface area contributed by atoms with Gasteiger partial charge < -0.3 is 9.47 Å². The van der Waals surface area contributed by atoms with Crippen LogP contribution < -0.4 is 0 Å². The first-order valence-electron chi connectivity index (χ1n) is 4.55. The van der Waals surface area contributed by atoms with E-state index in [0.717, 1.165) is 0 Å². The molecular weight excluding hydrogens is 231 g/mol. The van der Waals surface area contributed by atoms with Crippen LogP contribution >= 0.6 is 7.80 Å². The van der Waals surface area contributed by atoms with Crippen molar-refractivity contribution in [3.8, 4) is 0 Å². The summed E-state index contributed by atoms with van der Waals surface area (Å²) in [5.41, 5.74) is 0. The lowest BCUT2D eigenvalue weighted by Gasteiger charge is -1.96. The Morgan fingerprint density at radius 2 is 1.38 bits per heavy atom. The predicted octanol–water partition coefficient (Wildman–Crippen LogP) is 1.27. The molecule has 0 saturated heterocycles. The normalized spacial score (nSPS) is 9.00. The lowest BCUT2D eigenvalue weighted by atomic mass is 10.7. The van der Waals surface area contributed by atoms with Gasteiger partial charge in [0.15, 0.2) is 0 Å². The highest BCUT2D eigenvalue weighted by atomic mass is 31.1. The molecule has 0 aromatic heterocycles. The molecule has 0 heterocycles. The monoisotopic (exact) mass is 245 g/mol. The van der Waals surface area contributed by atoms with Gasteiger partial charge in [-0.3, -0.25) is 0 Å². The van der Waals surface area contributed by atoms with Crippen LogP contribution in [0.2, 0.25) is 0 Å². The topological polar surface area (TPSA) is 69.7 Å². The van der Waals surface area contributed by atoms with Crippen LogP contribution in [0, 0.1) is 0 Å². The average molecular weight is 245 g/mol. The molecular formula is C10H14O5P+. The van der Waals surface area contributed by atoms with Gasteiger partial charge in [-0.1, -0.05) is 29.9 Å². The summed E-state index contributed by atoms with van der Waals surface area (Å²) in [7, 11) is -1.96. The highest BCUT2D eigenvalue weighted by molar-refractivity contribution is 7.46. The summed E-state index contributed by atoms with van der Waals surface area (Å²) < 4.78 is 20.5. The number of rotatable bonds is 8. The van der Waals surface area contributed by atoms with E-state index in [1.165, 1.54) is 12.2 Å². The first kappa shape index (κ1) is 14.5. The maximum absolute atomic E-state index is 11.3. The lowest BCUT2D eigenvalue weighted by Crippen LogP contribution is -2.12. The molecule has 0 saturated carbocycles. The van der Waals surface area contributed by atoms with Gasteiger partial charge in [-0.2, -0.15) is 0 Å². The predicted molar refractivity (Wildman–Crippen MR) is 59.7 cm³/mol. The van der Waals surface area contributed by atoms with Gasteiger partial charge >= 0.3 is 19.7 Å². The Morgan fingerprint density at radius 3 is 1.69 bits per heavy atom. The van der Waals surface area contributed by atoms with Gasteiger partial charge in [-0.25, -0.2) is 9.59 Å². The quantitative estimate of drug-likeness (QED) is 0.366. The zero-order valence-electron chi connectivity index (χ0n) is 8.89. The molecule has 0 radical (unpaired) electrons. The van der Waals surface area contributed by atoms with Crippen LogP contribution in [0.25, 0.3) is 0 Å². The number of ether oxygens (including phenoxy) is 2. The molecule has 0 bridgehead atoms. The van der Waals surface area contributed by atoms with E-state index in [2.05, 4.69) is 22.6 Å². The molecule has 0 atom stereocenters. The zero-order valence-corrected chi connectivity index (χ0v) is 9.78. The van der Waals surface area contributed by atoms with Crippen molar-refractivity contribution < 1.29 is 23.6 Å². The van der Waals surface area contributed by atoms with Crippen LogP contribution in [0.3, 0.4) is 0 Å². The Kier molecular flexibility index (Phi) is 7.98. The summed E-state index contributed by atoms with van der Waals surface area (Å²) in [6.07, 6.45) is 2.24. The van der Waals surface area contributed by atoms with Crippen LogP contribution in [-0.2, 0) is 23.6 Å². The van der Waals surface area contributed by atoms with E-state index in [0.29, 0.717) is 0 Å². The molecule has 0 N–H and O–H groups in total. The highest BCUT2D eigenvalue weighted by Gasteiger charge is 2.26. The molecule has 6 heteroatoms. The SMILES string of the molecule is C=CCOC(=O)C[P+](=O)CC(=O)OCC=C. The van der Waals surface area contributed by atoms with Gasteiger partial charge in [-0.05, 0) is 0 Å². The summed E-state index contributed by atoms with van der Waals surface area (Å²) in [6, 6.07) is 0. The average Bonchev–Trinajstić information content (AvgIpc) is 2.23. The number of esters is 2. The van der Waals surface area contributed by atoms with Gasteiger partial charge in [0.1, 0.15) is 13.2 Å². The second-order valence-corrected chi connectivity index (χ2v) is 4.34. The Morgan fingerprint density at radius 1 is 1.00 bits per heavy atom. The Hall–Kier alpha value is -1.48. The molecule has 0 unspecified atom stereocenters. The highest BCUT2D eigenvalue weighted by Crippen LogP contribution is 2.20. The Labute approximate surface area is 94.9 Å². The fraction of sp³-hybridized carbons (Fsp3) is 0.400. The first-order chi connectivity index (χ1) is 7.60. The molecule has 0 rings (SSSR count). The fourth-order valence-corrected chi connectivity index (χ4v) is 1.61. The van der Waals surface area contributed by atoms with Gasteiger partial charge in [0, 0.05) is 0 Å². The molecule has 0 aromatic rings. The van der Waals surface area contributed by atoms with Crippen molar-refractivity contribution in [2.75, 3.05) is 25.5 Å². The Bertz CT molecular complexity index is 270. The van der Waals surface area contributed by atoms with Crippen LogP contribution in [-0.4, -0.2) is 37.5 Å². The molecule has 16 heavy (non-hydrogen) atoms. The first-order valence-corrected chi connectivity index (χ1v) is 6.18. The van der Waals surface area contributed by atoms with Crippen LogP contribution in [0.4, 0.5) is 0 Å². The lowest BCUT2D eigenvalue weighted by molar-refractivity contribution is -0.139. The van der Waals surface area contributed by atoms with Crippen LogP contribution in [0.15, 0.2) is 25.3 Å².